The monoisotopic (exact) mass is 445 g/mol. The lowest BCUT2D eigenvalue weighted by molar-refractivity contribution is 0.593. The van der Waals surface area contributed by atoms with Crippen LogP contribution in [-0.2, 0) is 17.1 Å². The van der Waals surface area contributed by atoms with Crippen molar-refractivity contribution in [2.45, 2.75) is 11.8 Å². The van der Waals surface area contributed by atoms with E-state index in [0.717, 1.165) is 29.5 Å². The van der Waals surface area contributed by atoms with E-state index in [9.17, 15) is 17.2 Å². The summed E-state index contributed by atoms with van der Waals surface area (Å²) in [6.45, 7) is 1.64. The molecule has 9 heteroatoms. The van der Waals surface area contributed by atoms with Crippen molar-refractivity contribution in [2.75, 3.05) is 4.72 Å². The van der Waals surface area contributed by atoms with Crippen LogP contribution in [-0.4, -0.2) is 18.0 Å². The van der Waals surface area contributed by atoms with Crippen LogP contribution in [0.5, 0.6) is 0 Å². The smallest absolute Gasteiger partial charge is 0.263 e. The number of thiazole rings is 1. The Bertz CT molecular complexity index is 1330. The van der Waals surface area contributed by atoms with Crippen LogP contribution in [0.2, 0.25) is 0 Å². The van der Waals surface area contributed by atoms with Crippen molar-refractivity contribution in [1.82, 2.24) is 9.55 Å². The molecule has 0 atom stereocenters. The van der Waals surface area contributed by atoms with Crippen LogP contribution in [0.4, 0.5) is 14.5 Å². The fraction of sp³-hybridized carbons (Fsp3) is 0.0952. The van der Waals surface area contributed by atoms with Crippen LogP contribution in [0.1, 0.15) is 5.69 Å². The van der Waals surface area contributed by atoms with Gasteiger partial charge in [-0.1, -0.05) is 30.3 Å². The molecule has 2 aromatic carbocycles. The van der Waals surface area contributed by atoms with Crippen LogP contribution in [0.3, 0.4) is 0 Å². The van der Waals surface area contributed by atoms with E-state index < -0.39 is 27.3 Å². The molecule has 2 heterocycles. The summed E-state index contributed by atoms with van der Waals surface area (Å²) in [4.78, 5) is 4.60. The summed E-state index contributed by atoms with van der Waals surface area (Å²) in [6.07, 6.45) is 0. The van der Waals surface area contributed by atoms with Gasteiger partial charge in [0.25, 0.3) is 10.0 Å². The molecule has 0 aliphatic rings. The summed E-state index contributed by atoms with van der Waals surface area (Å²) >= 11 is 1.40. The second-order valence-corrected chi connectivity index (χ2v) is 9.18. The predicted octanol–water partition coefficient (Wildman–Crippen LogP) is 5.20. The third kappa shape index (κ3) is 3.73. The average molecular weight is 446 g/mol. The molecular weight excluding hydrogens is 428 g/mol. The molecule has 30 heavy (non-hydrogen) atoms. The maximum Gasteiger partial charge on any atom is 0.263 e. The van der Waals surface area contributed by atoms with Gasteiger partial charge in [-0.2, -0.15) is 0 Å². The minimum atomic E-state index is -4.14. The number of hydrogen-bond acceptors (Lipinski definition) is 4. The minimum Gasteiger partial charge on any atom is -0.345 e. The Kier molecular flexibility index (Phi) is 5.17. The Morgan fingerprint density at radius 2 is 1.80 bits per heavy atom. The normalized spacial score (nSPS) is 11.6. The molecule has 0 aliphatic carbocycles. The van der Waals surface area contributed by atoms with E-state index in [0.29, 0.717) is 16.4 Å². The van der Waals surface area contributed by atoms with E-state index in [4.69, 9.17) is 0 Å². The van der Waals surface area contributed by atoms with Crippen molar-refractivity contribution in [1.29, 1.82) is 0 Å². The number of halogens is 2. The number of rotatable bonds is 5. The summed E-state index contributed by atoms with van der Waals surface area (Å²) in [7, 11) is -2.41. The van der Waals surface area contributed by atoms with Crippen LogP contribution in [0, 0.1) is 18.6 Å². The van der Waals surface area contributed by atoms with E-state index >= 15 is 0 Å². The maximum atomic E-state index is 13.9. The molecular formula is C21H17F2N3O2S2. The third-order valence-electron chi connectivity index (χ3n) is 4.74. The molecule has 1 N–H and O–H groups in total. The summed E-state index contributed by atoms with van der Waals surface area (Å²) in [6, 6.07) is 13.7. The Balaban J connectivity index is 1.71. The molecule has 2 aromatic heterocycles. The van der Waals surface area contributed by atoms with Gasteiger partial charge in [-0.25, -0.2) is 22.2 Å². The van der Waals surface area contributed by atoms with Crippen molar-refractivity contribution in [3.8, 4) is 22.0 Å². The Morgan fingerprint density at radius 3 is 2.53 bits per heavy atom. The van der Waals surface area contributed by atoms with E-state index in [-0.39, 0.29) is 4.90 Å². The van der Waals surface area contributed by atoms with Gasteiger partial charge in [-0.05, 0) is 25.1 Å². The molecule has 4 aromatic rings. The van der Waals surface area contributed by atoms with Crippen LogP contribution >= 0.6 is 11.3 Å². The zero-order valence-corrected chi connectivity index (χ0v) is 17.7. The van der Waals surface area contributed by atoms with Crippen LogP contribution in [0.25, 0.3) is 22.0 Å². The number of nitrogens with zero attached hydrogens (tertiary/aromatic N) is 2. The van der Waals surface area contributed by atoms with Gasteiger partial charge in [0.15, 0.2) is 0 Å². The molecule has 0 spiro atoms. The molecule has 0 radical (unpaired) electrons. The predicted molar refractivity (Wildman–Crippen MR) is 114 cm³/mol. The largest absolute Gasteiger partial charge is 0.345 e. The molecule has 0 saturated heterocycles. The van der Waals surface area contributed by atoms with Gasteiger partial charge in [0.1, 0.15) is 21.5 Å². The van der Waals surface area contributed by atoms with Crippen molar-refractivity contribution in [3.05, 3.63) is 77.3 Å². The van der Waals surface area contributed by atoms with Gasteiger partial charge < -0.3 is 4.57 Å². The summed E-state index contributed by atoms with van der Waals surface area (Å²) in [5.74, 6) is -1.60. The SMILES string of the molecule is Cc1c(S(=O)(=O)Nc2cc(F)ccc2F)cc(-c2nc(-c3ccccc3)cs2)n1C. The van der Waals surface area contributed by atoms with Crippen LogP contribution in [0.15, 0.2) is 64.9 Å². The first-order valence-electron chi connectivity index (χ1n) is 8.92. The lowest BCUT2D eigenvalue weighted by Crippen LogP contribution is -2.15. The number of hydrogen-bond donors (Lipinski definition) is 1. The van der Waals surface area contributed by atoms with Crippen molar-refractivity contribution in [2.24, 2.45) is 7.05 Å². The maximum absolute atomic E-state index is 13.9. The number of aromatic nitrogens is 2. The first-order valence-corrected chi connectivity index (χ1v) is 11.3. The molecule has 0 aliphatic heterocycles. The second kappa shape index (κ2) is 7.66. The fourth-order valence-corrected chi connectivity index (χ4v) is 5.29. The van der Waals surface area contributed by atoms with Crippen molar-refractivity contribution in [3.63, 3.8) is 0 Å². The molecule has 0 unspecified atom stereocenters. The topological polar surface area (TPSA) is 64.0 Å². The van der Waals surface area contributed by atoms with Gasteiger partial charge in [0.05, 0.1) is 17.1 Å². The number of benzene rings is 2. The average Bonchev–Trinajstić information content (AvgIpc) is 3.31. The minimum absolute atomic E-state index is 0.0277. The molecule has 4 rings (SSSR count). The number of anilines is 1. The van der Waals surface area contributed by atoms with Crippen molar-refractivity contribution < 1.29 is 17.2 Å². The van der Waals surface area contributed by atoms with Gasteiger partial charge in [-0.3, -0.25) is 4.72 Å². The Hall–Kier alpha value is -3.04. The lowest BCUT2D eigenvalue weighted by Gasteiger charge is -2.09. The van der Waals surface area contributed by atoms with Gasteiger partial charge in [0.2, 0.25) is 0 Å². The molecule has 5 nitrogen and oxygen atoms in total. The van der Waals surface area contributed by atoms with Crippen LogP contribution < -0.4 is 4.72 Å². The first-order chi connectivity index (χ1) is 14.3. The summed E-state index contributed by atoms with van der Waals surface area (Å²) < 4.78 is 57.0. The molecule has 0 bridgehead atoms. The fourth-order valence-electron chi connectivity index (χ4n) is 3.06. The zero-order valence-electron chi connectivity index (χ0n) is 16.1. The zero-order chi connectivity index (χ0) is 21.5. The quantitative estimate of drug-likeness (QED) is 0.459. The summed E-state index contributed by atoms with van der Waals surface area (Å²) in [5, 5.41) is 2.56. The first kappa shape index (κ1) is 20.2. The van der Waals surface area contributed by atoms with E-state index in [2.05, 4.69) is 9.71 Å². The van der Waals surface area contributed by atoms with Crippen molar-refractivity contribution >= 4 is 27.0 Å². The molecule has 154 valence electrons. The summed E-state index contributed by atoms with van der Waals surface area (Å²) in [5.41, 5.74) is 2.37. The number of nitrogens with one attached hydrogen (secondary N) is 1. The van der Waals surface area contributed by atoms with E-state index in [1.165, 1.54) is 17.4 Å². The van der Waals surface area contributed by atoms with Gasteiger partial charge in [0, 0.05) is 29.8 Å². The Labute approximate surface area is 176 Å². The van der Waals surface area contributed by atoms with E-state index in [1.807, 2.05) is 35.7 Å². The van der Waals surface area contributed by atoms with Gasteiger partial charge in [-0.15, -0.1) is 11.3 Å². The Morgan fingerprint density at radius 1 is 1.07 bits per heavy atom. The highest BCUT2D eigenvalue weighted by Crippen LogP contribution is 2.33. The van der Waals surface area contributed by atoms with Gasteiger partial charge >= 0.3 is 0 Å². The third-order valence-corrected chi connectivity index (χ3v) is 7.09. The molecule has 0 amide bonds. The molecule has 0 saturated carbocycles. The number of sulfonamides is 1. The highest BCUT2D eigenvalue weighted by molar-refractivity contribution is 7.92. The highest BCUT2D eigenvalue weighted by atomic mass is 32.2. The molecule has 0 fully saturated rings. The highest BCUT2D eigenvalue weighted by Gasteiger charge is 2.24. The second-order valence-electron chi connectivity index (χ2n) is 6.67. The lowest BCUT2D eigenvalue weighted by atomic mass is 10.2. The van der Waals surface area contributed by atoms with E-state index in [1.54, 1.807) is 18.5 Å². The standard InChI is InChI=1S/C21H17F2N3O2S2/c1-13-20(30(27,28)25-17-10-15(22)8-9-16(17)23)11-19(26(13)2)21-24-18(12-29-21)14-6-4-3-5-7-14/h3-12,25H,1-2H3.